The minimum Gasteiger partial charge on any atom is -0.391 e. The molecule has 1 aliphatic rings. The molecule has 1 aromatic heterocycles. The summed E-state index contributed by atoms with van der Waals surface area (Å²) in [4.78, 5) is 0.00432. The Balaban J connectivity index is 2.16. The predicted octanol–water partition coefficient (Wildman–Crippen LogP) is 2.45. The third kappa shape index (κ3) is 3.00. The van der Waals surface area contributed by atoms with Crippen molar-refractivity contribution in [3.63, 3.8) is 0 Å². The minimum atomic E-state index is -3.68. The maximum atomic E-state index is 12.2. The first-order valence-electron chi connectivity index (χ1n) is 5.41. The fourth-order valence-corrected chi connectivity index (χ4v) is 4.96. The lowest BCUT2D eigenvalue weighted by molar-refractivity contribution is 0.131. The summed E-state index contributed by atoms with van der Waals surface area (Å²) in [6.07, 6.45) is 1.30. The molecule has 1 aromatic rings. The van der Waals surface area contributed by atoms with E-state index in [9.17, 15) is 13.5 Å². The number of likely N-dealkylation sites (N-methyl/N-ethyl adjacent to an activating group) is 1. The highest BCUT2D eigenvalue weighted by atomic mass is 35.5. The molecule has 102 valence electrons. The Labute approximate surface area is 120 Å². The molecule has 0 radical (unpaired) electrons. The standard InChI is InChI=1S/C10H13Cl2NO3S2/c1-13(5-7(14)6-2-3-6)18(15,16)8-4-9(11)17-10(8)12/h4,6-7,14H,2-3,5H2,1H3. The molecule has 1 N–H and O–H groups in total. The molecule has 1 fully saturated rings. The molecule has 0 aliphatic heterocycles. The van der Waals surface area contributed by atoms with Crippen molar-refractivity contribution >= 4 is 44.6 Å². The summed E-state index contributed by atoms with van der Waals surface area (Å²) in [7, 11) is -2.25. The minimum absolute atomic E-state index is 0.00432. The zero-order valence-electron chi connectivity index (χ0n) is 9.64. The lowest BCUT2D eigenvalue weighted by Gasteiger charge is -2.20. The number of thiophene rings is 1. The third-order valence-corrected chi connectivity index (χ3v) is 6.50. The van der Waals surface area contributed by atoms with Gasteiger partial charge in [0.1, 0.15) is 9.23 Å². The van der Waals surface area contributed by atoms with Gasteiger partial charge in [0.15, 0.2) is 0 Å². The molecule has 0 spiro atoms. The van der Waals surface area contributed by atoms with Crippen molar-refractivity contribution in [3.05, 3.63) is 14.7 Å². The Bertz CT molecular complexity index is 539. The molecule has 0 bridgehead atoms. The van der Waals surface area contributed by atoms with Crippen molar-refractivity contribution in [1.29, 1.82) is 0 Å². The molecule has 0 amide bonds. The number of nitrogens with zero attached hydrogens (tertiary/aromatic N) is 1. The number of hydrogen-bond donors (Lipinski definition) is 1. The second-order valence-electron chi connectivity index (χ2n) is 4.38. The summed E-state index contributed by atoms with van der Waals surface area (Å²) in [5, 5.41) is 9.78. The Morgan fingerprint density at radius 2 is 2.17 bits per heavy atom. The Morgan fingerprint density at radius 1 is 1.56 bits per heavy atom. The van der Waals surface area contributed by atoms with Gasteiger partial charge in [0.05, 0.1) is 10.4 Å². The van der Waals surface area contributed by atoms with Crippen molar-refractivity contribution in [2.24, 2.45) is 5.92 Å². The van der Waals surface area contributed by atoms with Gasteiger partial charge in [0, 0.05) is 13.6 Å². The molecule has 1 saturated carbocycles. The van der Waals surface area contributed by atoms with E-state index in [1.165, 1.54) is 13.1 Å². The Kier molecular flexibility index (Phi) is 4.26. The van der Waals surface area contributed by atoms with Gasteiger partial charge in [-0.05, 0) is 24.8 Å². The van der Waals surface area contributed by atoms with Crippen LogP contribution in [0.3, 0.4) is 0 Å². The molecule has 1 aliphatic carbocycles. The van der Waals surface area contributed by atoms with Gasteiger partial charge >= 0.3 is 0 Å². The average molecular weight is 330 g/mol. The van der Waals surface area contributed by atoms with Crippen LogP contribution < -0.4 is 0 Å². The second kappa shape index (κ2) is 5.26. The number of aliphatic hydroxyl groups excluding tert-OH is 1. The average Bonchev–Trinajstić information content (AvgIpc) is 3.04. The third-order valence-electron chi connectivity index (χ3n) is 2.92. The number of hydrogen-bond acceptors (Lipinski definition) is 4. The van der Waals surface area contributed by atoms with E-state index in [2.05, 4.69) is 0 Å². The van der Waals surface area contributed by atoms with E-state index < -0.39 is 16.1 Å². The molecule has 8 heteroatoms. The molecule has 4 nitrogen and oxygen atoms in total. The predicted molar refractivity (Wildman–Crippen MR) is 72.9 cm³/mol. The maximum Gasteiger partial charge on any atom is 0.245 e. The van der Waals surface area contributed by atoms with Crippen LogP contribution in [0, 0.1) is 5.92 Å². The monoisotopic (exact) mass is 329 g/mol. The van der Waals surface area contributed by atoms with Gasteiger partial charge in [-0.1, -0.05) is 23.2 Å². The number of aliphatic hydroxyl groups is 1. The summed E-state index contributed by atoms with van der Waals surface area (Å²) in [6.45, 7) is 0.0802. The molecule has 0 aromatic carbocycles. The van der Waals surface area contributed by atoms with Gasteiger partial charge < -0.3 is 5.11 Å². The summed E-state index contributed by atoms with van der Waals surface area (Å²) < 4.78 is 26.0. The van der Waals surface area contributed by atoms with E-state index in [0.29, 0.717) is 4.34 Å². The summed E-state index contributed by atoms with van der Waals surface area (Å²) in [6, 6.07) is 1.34. The highest BCUT2D eigenvalue weighted by Crippen LogP contribution is 2.37. The van der Waals surface area contributed by atoms with Crippen LogP contribution in [0.2, 0.25) is 8.67 Å². The van der Waals surface area contributed by atoms with E-state index in [1.54, 1.807) is 0 Å². The van der Waals surface area contributed by atoms with Crippen LogP contribution in [0.15, 0.2) is 11.0 Å². The van der Waals surface area contributed by atoms with Gasteiger partial charge in [-0.2, -0.15) is 4.31 Å². The molecule has 1 unspecified atom stereocenters. The lowest BCUT2D eigenvalue weighted by Crippen LogP contribution is -2.35. The van der Waals surface area contributed by atoms with Crippen molar-refractivity contribution in [2.45, 2.75) is 23.8 Å². The molecule has 18 heavy (non-hydrogen) atoms. The molecule has 1 atom stereocenters. The quantitative estimate of drug-likeness (QED) is 0.902. The Hall–Kier alpha value is 0.150. The molecule has 2 rings (SSSR count). The Morgan fingerprint density at radius 3 is 2.61 bits per heavy atom. The van der Waals surface area contributed by atoms with Crippen LogP contribution in [-0.2, 0) is 10.0 Å². The lowest BCUT2D eigenvalue weighted by atomic mass is 10.2. The van der Waals surface area contributed by atoms with Crippen LogP contribution in [0.5, 0.6) is 0 Å². The first-order valence-corrected chi connectivity index (χ1v) is 8.43. The fourth-order valence-electron chi connectivity index (χ4n) is 1.66. The van der Waals surface area contributed by atoms with E-state index >= 15 is 0 Å². The largest absolute Gasteiger partial charge is 0.391 e. The van der Waals surface area contributed by atoms with Crippen LogP contribution in [0.1, 0.15) is 12.8 Å². The highest BCUT2D eigenvalue weighted by Gasteiger charge is 2.34. The summed E-state index contributed by atoms with van der Waals surface area (Å²) in [5.41, 5.74) is 0. The van der Waals surface area contributed by atoms with Crippen molar-refractivity contribution in [2.75, 3.05) is 13.6 Å². The van der Waals surface area contributed by atoms with Crippen LogP contribution in [0.4, 0.5) is 0 Å². The summed E-state index contributed by atoms with van der Waals surface area (Å²) >= 11 is 12.6. The van der Waals surface area contributed by atoms with Gasteiger partial charge in [0.25, 0.3) is 0 Å². The molecule has 0 saturated heterocycles. The number of halogens is 2. The fraction of sp³-hybridized carbons (Fsp3) is 0.600. The van der Waals surface area contributed by atoms with Crippen molar-refractivity contribution in [1.82, 2.24) is 4.31 Å². The normalized spacial score (nSPS) is 18.3. The zero-order valence-corrected chi connectivity index (χ0v) is 12.8. The smallest absolute Gasteiger partial charge is 0.245 e. The molecule has 1 heterocycles. The van der Waals surface area contributed by atoms with Crippen molar-refractivity contribution in [3.8, 4) is 0 Å². The first-order chi connectivity index (χ1) is 8.32. The summed E-state index contributed by atoms with van der Waals surface area (Å²) in [5.74, 6) is 0.226. The SMILES string of the molecule is CN(CC(O)C1CC1)S(=O)(=O)c1cc(Cl)sc1Cl. The van der Waals surface area contributed by atoms with Crippen LogP contribution in [0.25, 0.3) is 0 Å². The zero-order chi connectivity index (χ0) is 13.5. The van der Waals surface area contributed by atoms with E-state index in [4.69, 9.17) is 23.2 Å². The van der Waals surface area contributed by atoms with Crippen molar-refractivity contribution < 1.29 is 13.5 Å². The topological polar surface area (TPSA) is 57.6 Å². The number of sulfonamides is 1. The molecular formula is C10H13Cl2NO3S2. The van der Waals surface area contributed by atoms with Gasteiger partial charge in [-0.3, -0.25) is 0 Å². The molecular weight excluding hydrogens is 317 g/mol. The van der Waals surface area contributed by atoms with Gasteiger partial charge in [-0.15, -0.1) is 11.3 Å². The van der Waals surface area contributed by atoms with Gasteiger partial charge in [0.2, 0.25) is 10.0 Å². The maximum absolute atomic E-state index is 12.2. The van der Waals surface area contributed by atoms with Gasteiger partial charge in [-0.25, -0.2) is 8.42 Å². The second-order valence-corrected chi connectivity index (χ2v) is 8.68. The van der Waals surface area contributed by atoms with Crippen LogP contribution in [-0.4, -0.2) is 37.5 Å². The van der Waals surface area contributed by atoms with E-state index in [1.807, 2.05) is 0 Å². The van der Waals surface area contributed by atoms with E-state index in [-0.39, 0.29) is 21.7 Å². The van der Waals surface area contributed by atoms with Crippen LogP contribution >= 0.6 is 34.5 Å². The van der Waals surface area contributed by atoms with E-state index in [0.717, 1.165) is 28.5 Å². The number of rotatable bonds is 5. The first kappa shape index (κ1) is 14.6. The highest BCUT2D eigenvalue weighted by molar-refractivity contribution is 7.89.